The maximum atomic E-state index is 12.2. The Morgan fingerprint density at radius 3 is 2.85 bits per heavy atom. The molecule has 1 aromatic rings. The third kappa shape index (κ3) is 3.24. The Bertz CT molecular complexity index is 552. The first-order valence-corrected chi connectivity index (χ1v) is 6.57. The SMILES string of the molecule is Cc1ccccc1CN1CC=C(CCC(=O)NO)C1=O. The lowest BCUT2D eigenvalue weighted by atomic mass is 10.1. The Morgan fingerprint density at radius 1 is 1.40 bits per heavy atom. The molecule has 1 aliphatic rings. The number of benzene rings is 1. The molecule has 2 rings (SSSR count). The van der Waals surface area contributed by atoms with Crippen molar-refractivity contribution in [3.8, 4) is 0 Å². The lowest BCUT2D eigenvalue weighted by molar-refractivity contribution is -0.129. The van der Waals surface area contributed by atoms with Crippen molar-refractivity contribution in [3.05, 3.63) is 47.0 Å². The fourth-order valence-electron chi connectivity index (χ4n) is 2.24. The second-order valence-electron chi connectivity index (χ2n) is 4.88. The molecule has 0 bridgehead atoms. The van der Waals surface area contributed by atoms with Gasteiger partial charge in [-0.3, -0.25) is 14.8 Å². The van der Waals surface area contributed by atoms with Crippen LogP contribution in [0.25, 0.3) is 0 Å². The Hall–Kier alpha value is -2.14. The number of nitrogens with one attached hydrogen (secondary N) is 1. The van der Waals surface area contributed by atoms with Crippen LogP contribution in [0, 0.1) is 6.92 Å². The van der Waals surface area contributed by atoms with Gasteiger partial charge in [0.15, 0.2) is 0 Å². The molecule has 0 fully saturated rings. The molecule has 20 heavy (non-hydrogen) atoms. The molecule has 0 saturated carbocycles. The van der Waals surface area contributed by atoms with Gasteiger partial charge < -0.3 is 4.90 Å². The van der Waals surface area contributed by atoms with Crippen LogP contribution in [0.1, 0.15) is 24.0 Å². The molecule has 1 heterocycles. The van der Waals surface area contributed by atoms with Gasteiger partial charge in [-0.05, 0) is 24.5 Å². The van der Waals surface area contributed by atoms with Crippen LogP contribution in [-0.4, -0.2) is 28.5 Å². The van der Waals surface area contributed by atoms with E-state index in [0.717, 1.165) is 11.1 Å². The van der Waals surface area contributed by atoms with E-state index in [1.165, 1.54) is 0 Å². The van der Waals surface area contributed by atoms with Crippen molar-refractivity contribution in [1.29, 1.82) is 0 Å². The maximum absolute atomic E-state index is 12.2. The number of rotatable bonds is 5. The average molecular weight is 274 g/mol. The molecule has 0 unspecified atom stereocenters. The fraction of sp³-hybridized carbons (Fsp3) is 0.333. The number of amides is 2. The molecule has 0 aromatic heterocycles. The predicted octanol–water partition coefficient (Wildman–Crippen LogP) is 1.55. The summed E-state index contributed by atoms with van der Waals surface area (Å²) in [6.45, 7) is 3.18. The summed E-state index contributed by atoms with van der Waals surface area (Å²) in [6.07, 6.45) is 2.33. The minimum Gasteiger partial charge on any atom is -0.331 e. The lowest BCUT2D eigenvalue weighted by Crippen LogP contribution is -2.27. The minimum atomic E-state index is -0.476. The topological polar surface area (TPSA) is 69.6 Å². The van der Waals surface area contributed by atoms with Crippen molar-refractivity contribution in [2.45, 2.75) is 26.3 Å². The molecular weight excluding hydrogens is 256 g/mol. The van der Waals surface area contributed by atoms with Crippen molar-refractivity contribution in [2.24, 2.45) is 0 Å². The van der Waals surface area contributed by atoms with Gasteiger partial charge in [-0.1, -0.05) is 30.3 Å². The van der Waals surface area contributed by atoms with Crippen molar-refractivity contribution in [1.82, 2.24) is 10.4 Å². The average Bonchev–Trinajstić information content (AvgIpc) is 2.80. The molecule has 5 nitrogen and oxygen atoms in total. The van der Waals surface area contributed by atoms with Gasteiger partial charge in [0.25, 0.3) is 0 Å². The summed E-state index contributed by atoms with van der Waals surface area (Å²) in [7, 11) is 0. The van der Waals surface area contributed by atoms with Crippen LogP contribution in [-0.2, 0) is 16.1 Å². The van der Waals surface area contributed by atoms with Crippen LogP contribution in [0.15, 0.2) is 35.9 Å². The summed E-state index contributed by atoms with van der Waals surface area (Å²) in [5.74, 6) is -0.505. The van der Waals surface area contributed by atoms with Gasteiger partial charge in [-0.25, -0.2) is 5.48 Å². The summed E-state index contributed by atoms with van der Waals surface area (Å²) in [5, 5.41) is 8.44. The Labute approximate surface area is 117 Å². The molecular formula is C15H18N2O3. The Balaban J connectivity index is 1.93. The molecule has 2 amide bonds. The van der Waals surface area contributed by atoms with Gasteiger partial charge in [0.2, 0.25) is 11.8 Å². The van der Waals surface area contributed by atoms with Gasteiger partial charge in [0.05, 0.1) is 0 Å². The largest absolute Gasteiger partial charge is 0.331 e. The van der Waals surface area contributed by atoms with Gasteiger partial charge in [0, 0.05) is 25.1 Å². The first-order chi connectivity index (χ1) is 9.61. The van der Waals surface area contributed by atoms with Crippen LogP contribution < -0.4 is 5.48 Å². The smallest absolute Gasteiger partial charge is 0.250 e. The molecule has 1 aliphatic heterocycles. The van der Waals surface area contributed by atoms with E-state index >= 15 is 0 Å². The van der Waals surface area contributed by atoms with E-state index in [9.17, 15) is 9.59 Å². The first-order valence-electron chi connectivity index (χ1n) is 6.57. The van der Waals surface area contributed by atoms with E-state index in [2.05, 4.69) is 0 Å². The highest BCUT2D eigenvalue weighted by Gasteiger charge is 2.24. The van der Waals surface area contributed by atoms with Gasteiger partial charge in [0.1, 0.15) is 0 Å². The molecule has 5 heteroatoms. The van der Waals surface area contributed by atoms with E-state index in [4.69, 9.17) is 5.21 Å². The number of nitrogens with zero attached hydrogens (tertiary/aromatic N) is 1. The number of carbonyl (C=O) groups is 2. The van der Waals surface area contributed by atoms with E-state index in [1.807, 2.05) is 37.3 Å². The zero-order chi connectivity index (χ0) is 14.5. The summed E-state index contributed by atoms with van der Waals surface area (Å²) >= 11 is 0. The molecule has 106 valence electrons. The highest BCUT2D eigenvalue weighted by molar-refractivity contribution is 5.96. The molecule has 1 aromatic carbocycles. The monoisotopic (exact) mass is 274 g/mol. The molecule has 0 spiro atoms. The van der Waals surface area contributed by atoms with Gasteiger partial charge in [-0.2, -0.15) is 0 Å². The van der Waals surface area contributed by atoms with Gasteiger partial charge >= 0.3 is 0 Å². The molecule has 2 N–H and O–H groups in total. The molecule has 0 radical (unpaired) electrons. The molecule has 0 aliphatic carbocycles. The van der Waals surface area contributed by atoms with Gasteiger partial charge in [-0.15, -0.1) is 0 Å². The van der Waals surface area contributed by atoms with Crippen LogP contribution >= 0.6 is 0 Å². The third-order valence-electron chi connectivity index (χ3n) is 3.49. The first kappa shape index (κ1) is 14.3. The minimum absolute atomic E-state index is 0.0287. The summed E-state index contributed by atoms with van der Waals surface area (Å²) in [6, 6.07) is 7.97. The van der Waals surface area contributed by atoms with Crippen LogP contribution in [0.2, 0.25) is 0 Å². The van der Waals surface area contributed by atoms with E-state index in [-0.39, 0.29) is 12.3 Å². The van der Waals surface area contributed by atoms with Crippen molar-refractivity contribution < 1.29 is 14.8 Å². The zero-order valence-electron chi connectivity index (χ0n) is 11.4. The standard InChI is InChI=1S/C15H18N2O3/c1-11-4-2-3-5-13(11)10-17-9-8-12(15(17)19)6-7-14(18)16-20/h2-5,8,20H,6-7,9-10H2,1H3,(H,16,18). The molecule has 0 atom stereocenters. The number of carbonyl (C=O) groups excluding carboxylic acids is 2. The second-order valence-corrected chi connectivity index (χ2v) is 4.88. The summed E-state index contributed by atoms with van der Waals surface area (Å²) in [4.78, 5) is 24.9. The number of hydrogen-bond acceptors (Lipinski definition) is 3. The van der Waals surface area contributed by atoms with E-state index in [0.29, 0.717) is 25.1 Å². The second kappa shape index (κ2) is 6.34. The Morgan fingerprint density at radius 2 is 2.15 bits per heavy atom. The quantitative estimate of drug-likeness (QED) is 0.632. The number of aryl methyl sites for hydroxylation is 1. The van der Waals surface area contributed by atoms with Crippen molar-refractivity contribution in [3.63, 3.8) is 0 Å². The highest BCUT2D eigenvalue weighted by Crippen LogP contribution is 2.20. The predicted molar refractivity (Wildman–Crippen MR) is 73.8 cm³/mol. The zero-order valence-corrected chi connectivity index (χ0v) is 11.4. The molecule has 0 saturated heterocycles. The lowest BCUT2D eigenvalue weighted by Gasteiger charge is -2.18. The fourth-order valence-corrected chi connectivity index (χ4v) is 2.24. The van der Waals surface area contributed by atoms with Crippen molar-refractivity contribution >= 4 is 11.8 Å². The number of hydroxylamine groups is 1. The van der Waals surface area contributed by atoms with Crippen LogP contribution in [0.4, 0.5) is 0 Å². The summed E-state index contributed by atoms with van der Waals surface area (Å²) < 4.78 is 0. The number of hydrogen-bond donors (Lipinski definition) is 2. The van der Waals surface area contributed by atoms with Crippen LogP contribution in [0.5, 0.6) is 0 Å². The van der Waals surface area contributed by atoms with Crippen molar-refractivity contribution in [2.75, 3.05) is 6.54 Å². The normalized spacial score (nSPS) is 14.4. The maximum Gasteiger partial charge on any atom is 0.250 e. The highest BCUT2D eigenvalue weighted by atomic mass is 16.5. The van der Waals surface area contributed by atoms with Crippen LogP contribution in [0.3, 0.4) is 0 Å². The third-order valence-corrected chi connectivity index (χ3v) is 3.49. The van der Waals surface area contributed by atoms with E-state index < -0.39 is 5.91 Å². The summed E-state index contributed by atoms with van der Waals surface area (Å²) in [5.41, 5.74) is 4.50. The van der Waals surface area contributed by atoms with E-state index in [1.54, 1.807) is 10.4 Å². The Kier molecular flexibility index (Phi) is 4.53.